The Kier molecular flexibility index (Phi) is 4.19. The fraction of sp³-hybridized carbons (Fsp3) is 0.308. The second kappa shape index (κ2) is 5.74. The SMILES string of the molecule is C=CCN(CC=C)S(=O)(=O)c1nc2nc(C)cc(C)n2n1. The summed E-state index contributed by atoms with van der Waals surface area (Å²) in [5, 5.41) is 3.78. The number of rotatable bonds is 6. The maximum atomic E-state index is 12.5. The third-order valence-electron chi connectivity index (χ3n) is 2.83. The summed E-state index contributed by atoms with van der Waals surface area (Å²) < 4.78 is 27.7. The molecule has 7 nitrogen and oxygen atoms in total. The molecule has 0 aromatic carbocycles. The maximum Gasteiger partial charge on any atom is 0.284 e. The number of sulfonamides is 1. The normalized spacial score (nSPS) is 12.0. The molecule has 112 valence electrons. The Morgan fingerprint density at radius 2 is 1.86 bits per heavy atom. The minimum atomic E-state index is -3.81. The molecule has 0 saturated heterocycles. The van der Waals surface area contributed by atoms with Gasteiger partial charge in [-0.15, -0.1) is 18.3 Å². The summed E-state index contributed by atoms with van der Waals surface area (Å²) in [6.45, 7) is 11.1. The predicted octanol–water partition coefficient (Wildman–Crippen LogP) is 1.10. The van der Waals surface area contributed by atoms with Gasteiger partial charge in [0.05, 0.1) is 0 Å². The van der Waals surface area contributed by atoms with E-state index < -0.39 is 10.0 Å². The Bertz CT molecular complexity index is 784. The summed E-state index contributed by atoms with van der Waals surface area (Å²) in [5.74, 6) is 0.267. The first-order valence-electron chi connectivity index (χ1n) is 6.33. The van der Waals surface area contributed by atoms with Crippen LogP contribution in [0.25, 0.3) is 5.78 Å². The van der Waals surface area contributed by atoms with Gasteiger partial charge in [-0.1, -0.05) is 12.2 Å². The van der Waals surface area contributed by atoms with Gasteiger partial charge < -0.3 is 0 Å². The van der Waals surface area contributed by atoms with Crippen molar-refractivity contribution in [3.8, 4) is 0 Å². The van der Waals surface area contributed by atoms with Gasteiger partial charge >= 0.3 is 0 Å². The molecule has 0 aliphatic heterocycles. The van der Waals surface area contributed by atoms with E-state index in [0.717, 1.165) is 11.4 Å². The number of fused-ring (bicyclic) bond motifs is 1. The van der Waals surface area contributed by atoms with E-state index in [4.69, 9.17) is 0 Å². The van der Waals surface area contributed by atoms with Crippen LogP contribution in [0, 0.1) is 13.8 Å². The molecular formula is C13H17N5O2S. The highest BCUT2D eigenvalue weighted by Crippen LogP contribution is 2.14. The fourth-order valence-electron chi connectivity index (χ4n) is 1.93. The first-order chi connectivity index (χ1) is 9.90. The van der Waals surface area contributed by atoms with Crippen LogP contribution in [0.15, 0.2) is 36.5 Å². The lowest BCUT2D eigenvalue weighted by Gasteiger charge is -2.16. The van der Waals surface area contributed by atoms with Gasteiger partial charge in [0.25, 0.3) is 21.0 Å². The van der Waals surface area contributed by atoms with Crippen LogP contribution < -0.4 is 0 Å². The standard InChI is InChI=1S/C13H17N5O2S/c1-5-7-17(8-6-2)21(19,20)13-15-12-14-10(3)9-11(4)18(12)16-13/h5-6,9H,1-2,7-8H2,3-4H3. The zero-order valence-electron chi connectivity index (χ0n) is 12.0. The van der Waals surface area contributed by atoms with Crippen molar-refractivity contribution in [2.75, 3.05) is 13.1 Å². The molecule has 0 amide bonds. The quantitative estimate of drug-likeness (QED) is 0.747. The van der Waals surface area contributed by atoms with Gasteiger partial charge in [-0.05, 0) is 19.9 Å². The van der Waals surface area contributed by atoms with E-state index in [1.54, 1.807) is 0 Å². The van der Waals surface area contributed by atoms with E-state index in [1.807, 2.05) is 19.9 Å². The van der Waals surface area contributed by atoms with Crippen molar-refractivity contribution in [1.82, 2.24) is 23.9 Å². The molecule has 0 bridgehead atoms. The largest absolute Gasteiger partial charge is 0.284 e. The van der Waals surface area contributed by atoms with Gasteiger partial charge in [-0.25, -0.2) is 17.9 Å². The molecule has 0 saturated carbocycles. The zero-order chi connectivity index (χ0) is 15.6. The van der Waals surface area contributed by atoms with Gasteiger partial charge in [-0.3, -0.25) is 0 Å². The Morgan fingerprint density at radius 1 is 1.24 bits per heavy atom. The summed E-state index contributed by atoms with van der Waals surface area (Å²) in [6, 6.07) is 1.81. The van der Waals surface area contributed by atoms with Crippen molar-refractivity contribution in [2.45, 2.75) is 19.0 Å². The van der Waals surface area contributed by atoms with E-state index in [0.29, 0.717) is 0 Å². The Labute approximate surface area is 123 Å². The Hall–Kier alpha value is -2.06. The van der Waals surface area contributed by atoms with Gasteiger partial charge in [0, 0.05) is 24.5 Å². The minimum absolute atomic E-state index is 0.162. The van der Waals surface area contributed by atoms with Crippen LogP contribution >= 0.6 is 0 Å². The van der Waals surface area contributed by atoms with Crippen molar-refractivity contribution in [2.24, 2.45) is 0 Å². The van der Waals surface area contributed by atoms with E-state index in [-0.39, 0.29) is 24.0 Å². The third-order valence-corrected chi connectivity index (χ3v) is 4.45. The van der Waals surface area contributed by atoms with Crippen LogP contribution in [0.1, 0.15) is 11.4 Å². The van der Waals surface area contributed by atoms with Gasteiger partial charge in [0.1, 0.15) is 0 Å². The molecule has 21 heavy (non-hydrogen) atoms. The predicted molar refractivity (Wildman–Crippen MR) is 79.4 cm³/mol. The van der Waals surface area contributed by atoms with E-state index in [9.17, 15) is 8.42 Å². The first-order valence-corrected chi connectivity index (χ1v) is 7.77. The van der Waals surface area contributed by atoms with Gasteiger partial charge in [-0.2, -0.15) is 9.29 Å². The average Bonchev–Trinajstić information content (AvgIpc) is 2.83. The molecule has 0 N–H and O–H groups in total. The van der Waals surface area contributed by atoms with Gasteiger partial charge in [0.15, 0.2) is 0 Å². The fourth-order valence-corrected chi connectivity index (χ4v) is 3.15. The van der Waals surface area contributed by atoms with E-state index in [2.05, 4.69) is 28.2 Å². The molecule has 0 aliphatic rings. The molecule has 2 aromatic heterocycles. The minimum Gasteiger partial charge on any atom is -0.216 e. The van der Waals surface area contributed by atoms with Crippen LogP contribution in [-0.2, 0) is 10.0 Å². The highest BCUT2D eigenvalue weighted by molar-refractivity contribution is 7.89. The molecule has 0 aliphatic carbocycles. The van der Waals surface area contributed by atoms with Crippen LogP contribution in [0.3, 0.4) is 0 Å². The number of aryl methyl sites for hydroxylation is 2. The summed E-state index contributed by atoms with van der Waals surface area (Å²) >= 11 is 0. The molecule has 0 radical (unpaired) electrons. The van der Waals surface area contributed by atoms with Crippen molar-refractivity contribution in [3.63, 3.8) is 0 Å². The number of nitrogens with zero attached hydrogens (tertiary/aromatic N) is 5. The molecule has 0 unspecified atom stereocenters. The molecule has 0 atom stereocenters. The Morgan fingerprint density at radius 3 is 2.43 bits per heavy atom. The van der Waals surface area contributed by atoms with Crippen LogP contribution in [-0.4, -0.2) is 45.4 Å². The smallest absolute Gasteiger partial charge is 0.216 e. The van der Waals surface area contributed by atoms with Crippen LogP contribution in [0.2, 0.25) is 0 Å². The van der Waals surface area contributed by atoms with Crippen LogP contribution in [0.5, 0.6) is 0 Å². The van der Waals surface area contributed by atoms with Crippen molar-refractivity contribution in [3.05, 3.63) is 42.8 Å². The van der Waals surface area contributed by atoms with Crippen molar-refractivity contribution >= 4 is 15.8 Å². The number of hydrogen-bond donors (Lipinski definition) is 0. The lowest BCUT2D eigenvalue weighted by atomic mass is 10.4. The summed E-state index contributed by atoms with van der Waals surface area (Å²) in [4.78, 5) is 8.22. The number of aromatic nitrogens is 4. The van der Waals surface area contributed by atoms with Crippen molar-refractivity contribution < 1.29 is 8.42 Å². The third kappa shape index (κ3) is 2.86. The monoisotopic (exact) mass is 307 g/mol. The number of hydrogen-bond acceptors (Lipinski definition) is 5. The summed E-state index contributed by atoms with van der Waals surface area (Å²) in [5.41, 5.74) is 1.52. The second-order valence-corrected chi connectivity index (χ2v) is 6.38. The molecular weight excluding hydrogens is 290 g/mol. The summed E-state index contributed by atoms with van der Waals surface area (Å²) in [6.07, 6.45) is 3.01. The van der Waals surface area contributed by atoms with E-state index >= 15 is 0 Å². The lowest BCUT2D eigenvalue weighted by Crippen LogP contribution is -2.32. The topological polar surface area (TPSA) is 80.5 Å². The van der Waals surface area contributed by atoms with Gasteiger partial charge in [0.2, 0.25) is 0 Å². The van der Waals surface area contributed by atoms with E-state index in [1.165, 1.54) is 21.0 Å². The molecule has 2 rings (SSSR count). The zero-order valence-corrected chi connectivity index (χ0v) is 12.8. The molecule has 0 spiro atoms. The maximum absolute atomic E-state index is 12.5. The molecule has 2 heterocycles. The van der Waals surface area contributed by atoms with Crippen LogP contribution in [0.4, 0.5) is 0 Å². The molecule has 2 aromatic rings. The Balaban J connectivity index is 2.56. The van der Waals surface area contributed by atoms with Crippen molar-refractivity contribution in [1.29, 1.82) is 0 Å². The second-order valence-electron chi connectivity index (χ2n) is 4.54. The summed E-state index contributed by atoms with van der Waals surface area (Å²) in [7, 11) is -3.81. The highest BCUT2D eigenvalue weighted by atomic mass is 32.2. The first kappa shape index (κ1) is 15.3. The average molecular weight is 307 g/mol. The highest BCUT2D eigenvalue weighted by Gasteiger charge is 2.28. The molecule has 0 fully saturated rings. The molecule has 8 heteroatoms. The lowest BCUT2D eigenvalue weighted by molar-refractivity contribution is 0.467.